The number of benzene rings is 1. The van der Waals surface area contributed by atoms with Gasteiger partial charge in [-0.15, -0.1) is 0 Å². The van der Waals surface area contributed by atoms with Crippen LogP contribution in [0.15, 0.2) is 36.5 Å². The van der Waals surface area contributed by atoms with Gasteiger partial charge >= 0.3 is 5.97 Å². The summed E-state index contributed by atoms with van der Waals surface area (Å²) < 4.78 is 1.59. The Hall–Kier alpha value is -2.14. The van der Waals surface area contributed by atoms with Crippen molar-refractivity contribution in [1.29, 1.82) is 0 Å². The van der Waals surface area contributed by atoms with E-state index >= 15 is 0 Å². The van der Waals surface area contributed by atoms with Crippen molar-refractivity contribution in [2.24, 2.45) is 5.73 Å². The van der Waals surface area contributed by atoms with Crippen molar-refractivity contribution >= 4 is 5.97 Å². The Bertz CT molecular complexity index is 534. The van der Waals surface area contributed by atoms with Crippen LogP contribution in [0, 0.1) is 0 Å². The minimum Gasteiger partial charge on any atom is -0.476 e. The van der Waals surface area contributed by atoms with Crippen LogP contribution in [-0.2, 0) is 6.42 Å². The van der Waals surface area contributed by atoms with Crippen LogP contribution in [0.25, 0.3) is 5.69 Å². The summed E-state index contributed by atoms with van der Waals surface area (Å²) in [6.07, 6.45) is 3.14. The van der Waals surface area contributed by atoms with Crippen LogP contribution in [0.3, 0.4) is 0 Å². The lowest BCUT2D eigenvalue weighted by atomic mass is 10.1. The van der Waals surface area contributed by atoms with Crippen LogP contribution in [0.1, 0.15) is 22.5 Å². The fourth-order valence-corrected chi connectivity index (χ4v) is 1.78. The summed E-state index contributed by atoms with van der Waals surface area (Å²) in [5.41, 5.74) is 7.12. The topological polar surface area (TPSA) is 81.1 Å². The zero-order chi connectivity index (χ0) is 13.0. The molecule has 0 amide bonds. The highest BCUT2D eigenvalue weighted by molar-refractivity contribution is 5.87. The summed E-state index contributed by atoms with van der Waals surface area (Å²) in [7, 11) is 0. The maximum Gasteiger partial charge on any atom is 0.356 e. The normalized spacial score (nSPS) is 10.5. The number of carbonyl (C=O) groups is 1. The van der Waals surface area contributed by atoms with E-state index in [1.165, 1.54) is 0 Å². The molecular formula is C13H15N3O2. The zero-order valence-corrected chi connectivity index (χ0v) is 9.91. The summed E-state index contributed by atoms with van der Waals surface area (Å²) in [5.74, 6) is -1.00. The Morgan fingerprint density at radius 2 is 2.06 bits per heavy atom. The Balaban J connectivity index is 2.36. The highest BCUT2D eigenvalue weighted by Gasteiger charge is 2.15. The van der Waals surface area contributed by atoms with Crippen LogP contribution in [0.2, 0.25) is 0 Å². The van der Waals surface area contributed by atoms with E-state index in [1.807, 2.05) is 30.3 Å². The zero-order valence-electron chi connectivity index (χ0n) is 9.91. The number of aromatic nitrogens is 2. The monoisotopic (exact) mass is 245 g/mol. The molecule has 0 aliphatic carbocycles. The number of hydrogen-bond acceptors (Lipinski definition) is 3. The lowest BCUT2D eigenvalue weighted by molar-refractivity contribution is 0.0689. The second kappa shape index (κ2) is 5.46. The second-order valence-corrected chi connectivity index (χ2v) is 3.98. The Morgan fingerprint density at radius 3 is 2.67 bits per heavy atom. The minimum absolute atomic E-state index is 0.104. The van der Waals surface area contributed by atoms with Gasteiger partial charge in [-0.3, -0.25) is 0 Å². The number of carboxylic acid groups (broad SMARTS) is 1. The average Bonchev–Trinajstić information content (AvgIpc) is 2.81. The highest BCUT2D eigenvalue weighted by Crippen LogP contribution is 2.14. The molecule has 5 nitrogen and oxygen atoms in total. The third-order valence-corrected chi connectivity index (χ3v) is 2.66. The van der Waals surface area contributed by atoms with E-state index in [9.17, 15) is 4.79 Å². The first-order valence-electron chi connectivity index (χ1n) is 5.79. The third kappa shape index (κ3) is 2.57. The van der Waals surface area contributed by atoms with Gasteiger partial charge in [-0.2, -0.15) is 5.10 Å². The van der Waals surface area contributed by atoms with E-state index in [0.717, 1.165) is 17.7 Å². The molecule has 1 aromatic carbocycles. The first kappa shape index (κ1) is 12.3. The second-order valence-electron chi connectivity index (χ2n) is 3.98. The Labute approximate surface area is 105 Å². The standard InChI is InChI=1S/C13H15N3O2/c14-8-4-5-10-9-16(15-12(10)13(17)18)11-6-2-1-3-7-11/h1-3,6-7,9H,4-5,8,14H2,(H,17,18). The number of nitrogens with zero attached hydrogens (tertiary/aromatic N) is 2. The number of aryl methyl sites for hydroxylation is 1. The predicted molar refractivity (Wildman–Crippen MR) is 67.9 cm³/mol. The first-order chi connectivity index (χ1) is 8.72. The molecule has 0 saturated heterocycles. The Morgan fingerprint density at radius 1 is 1.33 bits per heavy atom. The molecular weight excluding hydrogens is 230 g/mol. The molecule has 94 valence electrons. The lowest BCUT2D eigenvalue weighted by Crippen LogP contribution is -2.05. The molecule has 0 aliphatic rings. The van der Waals surface area contributed by atoms with E-state index in [0.29, 0.717) is 13.0 Å². The van der Waals surface area contributed by atoms with E-state index in [2.05, 4.69) is 5.10 Å². The molecule has 0 bridgehead atoms. The molecule has 2 rings (SSSR count). The van der Waals surface area contributed by atoms with Crippen molar-refractivity contribution in [3.63, 3.8) is 0 Å². The molecule has 0 atom stereocenters. The molecule has 18 heavy (non-hydrogen) atoms. The van der Waals surface area contributed by atoms with Gasteiger partial charge in [0.2, 0.25) is 0 Å². The number of carboxylic acids is 1. The predicted octanol–water partition coefficient (Wildman–Crippen LogP) is 1.46. The largest absolute Gasteiger partial charge is 0.476 e. The van der Waals surface area contributed by atoms with Crippen LogP contribution < -0.4 is 5.73 Å². The van der Waals surface area contributed by atoms with E-state index in [1.54, 1.807) is 10.9 Å². The number of para-hydroxylation sites is 1. The molecule has 0 spiro atoms. The van der Waals surface area contributed by atoms with Gasteiger partial charge in [0.25, 0.3) is 0 Å². The van der Waals surface area contributed by atoms with Crippen molar-refractivity contribution in [3.05, 3.63) is 47.8 Å². The Kier molecular flexibility index (Phi) is 3.74. The van der Waals surface area contributed by atoms with Crippen molar-refractivity contribution < 1.29 is 9.90 Å². The van der Waals surface area contributed by atoms with Crippen LogP contribution >= 0.6 is 0 Å². The summed E-state index contributed by atoms with van der Waals surface area (Å²) >= 11 is 0. The van der Waals surface area contributed by atoms with Crippen molar-refractivity contribution in [1.82, 2.24) is 9.78 Å². The molecule has 0 saturated carbocycles. The van der Waals surface area contributed by atoms with Crippen molar-refractivity contribution in [2.75, 3.05) is 6.54 Å². The van der Waals surface area contributed by atoms with Gasteiger partial charge in [0.15, 0.2) is 5.69 Å². The van der Waals surface area contributed by atoms with Gasteiger partial charge in [-0.05, 0) is 31.5 Å². The van der Waals surface area contributed by atoms with Gasteiger partial charge in [-0.25, -0.2) is 9.48 Å². The SMILES string of the molecule is NCCCc1cn(-c2ccccc2)nc1C(=O)O. The molecule has 1 heterocycles. The fraction of sp³-hybridized carbons (Fsp3) is 0.231. The lowest BCUT2D eigenvalue weighted by Gasteiger charge is -1.98. The minimum atomic E-state index is -1.00. The fourth-order valence-electron chi connectivity index (χ4n) is 1.78. The quantitative estimate of drug-likeness (QED) is 0.835. The molecule has 5 heteroatoms. The number of rotatable bonds is 5. The average molecular weight is 245 g/mol. The maximum absolute atomic E-state index is 11.1. The van der Waals surface area contributed by atoms with Crippen LogP contribution in [-0.4, -0.2) is 27.4 Å². The van der Waals surface area contributed by atoms with Crippen LogP contribution in [0.4, 0.5) is 0 Å². The van der Waals surface area contributed by atoms with E-state index in [-0.39, 0.29) is 5.69 Å². The summed E-state index contributed by atoms with van der Waals surface area (Å²) in [4.78, 5) is 11.1. The number of aromatic carboxylic acids is 1. The van der Waals surface area contributed by atoms with Crippen molar-refractivity contribution in [2.45, 2.75) is 12.8 Å². The third-order valence-electron chi connectivity index (χ3n) is 2.66. The molecule has 1 aromatic heterocycles. The molecule has 0 fully saturated rings. The first-order valence-corrected chi connectivity index (χ1v) is 5.79. The van der Waals surface area contributed by atoms with Gasteiger partial charge in [0.05, 0.1) is 5.69 Å². The molecule has 3 N–H and O–H groups in total. The maximum atomic E-state index is 11.1. The molecule has 0 aliphatic heterocycles. The highest BCUT2D eigenvalue weighted by atomic mass is 16.4. The molecule has 2 aromatic rings. The summed E-state index contributed by atoms with van der Waals surface area (Å²) in [6, 6.07) is 9.44. The van der Waals surface area contributed by atoms with Gasteiger partial charge in [-0.1, -0.05) is 18.2 Å². The smallest absolute Gasteiger partial charge is 0.356 e. The molecule has 0 radical (unpaired) electrons. The summed E-state index contributed by atoms with van der Waals surface area (Å²) in [6.45, 7) is 0.537. The van der Waals surface area contributed by atoms with Gasteiger partial charge in [0.1, 0.15) is 0 Å². The van der Waals surface area contributed by atoms with E-state index < -0.39 is 5.97 Å². The summed E-state index contributed by atoms with van der Waals surface area (Å²) in [5, 5.41) is 13.2. The number of hydrogen-bond donors (Lipinski definition) is 2. The number of nitrogens with two attached hydrogens (primary N) is 1. The van der Waals surface area contributed by atoms with Crippen LogP contribution in [0.5, 0.6) is 0 Å². The van der Waals surface area contributed by atoms with Gasteiger partial charge < -0.3 is 10.8 Å². The van der Waals surface area contributed by atoms with Gasteiger partial charge in [0, 0.05) is 11.8 Å². The van der Waals surface area contributed by atoms with E-state index in [4.69, 9.17) is 10.8 Å². The van der Waals surface area contributed by atoms with Crippen molar-refractivity contribution in [3.8, 4) is 5.69 Å². The molecule has 0 unspecified atom stereocenters.